The molecule has 5 nitrogen and oxygen atoms in total. The van der Waals surface area contributed by atoms with Crippen LogP contribution >= 0.6 is 23.1 Å². The summed E-state index contributed by atoms with van der Waals surface area (Å²) in [4.78, 5) is 4.71. The van der Waals surface area contributed by atoms with Crippen molar-refractivity contribution in [2.24, 2.45) is 0 Å². The molecule has 0 saturated heterocycles. The summed E-state index contributed by atoms with van der Waals surface area (Å²) in [5.41, 5.74) is 3.31. The zero-order chi connectivity index (χ0) is 16.4. The highest BCUT2D eigenvalue weighted by molar-refractivity contribution is 8.00. The summed E-state index contributed by atoms with van der Waals surface area (Å²) in [5.74, 6) is 0.819. The summed E-state index contributed by atoms with van der Waals surface area (Å²) in [7, 11) is 0. The summed E-state index contributed by atoms with van der Waals surface area (Å²) in [6.45, 7) is 2.09. The van der Waals surface area contributed by atoms with Crippen molar-refractivity contribution in [2.75, 3.05) is 5.32 Å². The van der Waals surface area contributed by atoms with E-state index in [4.69, 9.17) is 4.98 Å². The molecule has 1 fully saturated rings. The molecule has 3 aromatic heterocycles. The van der Waals surface area contributed by atoms with Gasteiger partial charge in [0.1, 0.15) is 5.65 Å². The van der Waals surface area contributed by atoms with E-state index in [-0.39, 0.29) is 0 Å². The Morgan fingerprint density at radius 3 is 3.00 bits per heavy atom. The van der Waals surface area contributed by atoms with Crippen LogP contribution in [0, 0.1) is 6.92 Å². The average molecular weight is 360 g/mol. The molecule has 1 aliphatic carbocycles. The zero-order valence-corrected chi connectivity index (χ0v) is 15.4. The molecule has 0 amide bonds. The van der Waals surface area contributed by atoms with Crippen molar-refractivity contribution in [2.45, 2.75) is 55.2 Å². The van der Waals surface area contributed by atoms with Gasteiger partial charge in [0, 0.05) is 24.2 Å². The molecule has 1 saturated carbocycles. The van der Waals surface area contributed by atoms with E-state index in [2.05, 4.69) is 45.2 Å². The van der Waals surface area contributed by atoms with E-state index < -0.39 is 0 Å². The molecule has 0 unspecified atom stereocenters. The van der Waals surface area contributed by atoms with Gasteiger partial charge in [-0.1, -0.05) is 48.4 Å². The maximum Gasteiger partial charge on any atom is 0.206 e. The minimum atomic E-state index is 0.575. The van der Waals surface area contributed by atoms with Crippen molar-refractivity contribution in [3.05, 3.63) is 35.8 Å². The number of aromatic nitrogens is 4. The van der Waals surface area contributed by atoms with Crippen LogP contribution in [-0.4, -0.2) is 25.6 Å². The largest absolute Gasteiger partial charge is 0.357 e. The van der Waals surface area contributed by atoms with Gasteiger partial charge in [0.2, 0.25) is 5.13 Å². The van der Waals surface area contributed by atoms with Gasteiger partial charge in [0.05, 0.1) is 5.69 Å². The standard InChI is InChI=1S/C17H21N5S2/c1-12-6-5-9-22-10-14(18-15(12)22)11-23-17-21-20-16(24-17)19-13-7-3-2-4-8-13/h5-6,9-10,13H,2-4,7-8,11H2,1H3,(H,19,20). The molecule has 3 heterocycles. The van der Waals surface area contributed by atoms with E-state index in [0.29, 0.717) is 6.04 Å². The molecule has 0 aliphatic heterocycles. The fourth-order valence-corrected chi connectivity index (χ4v) is 4.87. The van der Waals surface area contributed by atoms with Crippen molar-refractivity contribution in [3.8, 4) is 0 Å². The summed E-state index contributed by atoms with van der Waals surface area (Å²) >= 11 is 3.36. The first-order valence-corrected chi connectivity index (χ1v) is 10.2. The number of pyridine rings is 1. The van der Waals surface area contributed by atoms with Gasteiger partial charge < -0.3 is 9.72 Å². The molecule has 0 bridgehead atoms. The van der Waals surface area contributed by atoms with Gasteiger partial charge in [0.15, 0.2) is 4.34 Å². The maximum atomic E-state index is 4.71. The lowest BCUT2D eigenvalue weighted by molar-refractivity contribution is 0.462. The Morgan fingerprint density at radius 1 is 1.29 bits per heavy atom. The van der Waals surface area contributed by atoms with Gasteiger partial charge in [0.25, 0.3) is 0 Å². The van der Waals surface area contributed by atoms with Gasteiger partial charge in [-0.2, -0.15) is 0 Å². The second-order valence-electron chi connectivity index (χ2n) is 6.30. The number of imidazole rings is 1. The minimum absolute atomic E-state index is 0.575. The third-order valence-electron chi connectivity index (χ3n) is 4.41. The summed E-state index contributed by atoms with van der Waals surface area (Å²) in [6.07, 6.45) is 10.7. The number of aryl methyl sites for hydroxylation is 1. The molecule has 0 radical (unpaired) electrons. The number of hydrogen-bond acceptors (Lipinski definition) is 6. The lowest BCUT2D eigenvalue weighted by Crippen LogP contribution is -2.21. The van der Waals surface area contributed by atoms with E-state index in [9.17, 15) is 0 Å². The number of thioether (sulfide) groups is 1. The highest BCUT2D eigenvalue weighted by Gasteiger charge is 2.15. The molecule has 1 N–H and O–H groups in total. The van der Waals surface area contributed by atoms with Crippen molar-refractivity contribution >= 4 is 33.9 Å². The minimum Gasteiger partial charge on any atom is -0.357 e. The maximum absolute atomic E-state index is 4.71. The number of anilines is 1. The topological polar surface area (TPSA) is 55.1 Å². The number of hydrogen-bond donors (Lipinski definition) is 1. The molecule has 4 rings (SSSR count). The Balaban J connectivity index is 1.37. The summed E-state index contributed by atoms with van der Waals surface area (Å²) in [5, 5.41) is 13.1. The first-order chi connectivity index (χ1) is 11.8. The molecular weight excluding hydrogens is 338 g/mol. The van der Waals surface area contributed by atoms with Crippen LogP contribution in [0.15, 0.2) is 28.9 Å². The molecule has 126 valence electrons. The molecule has 0 aromatic carbocycles. The first-order valence-electron chi connectivity index (χ1n) is 8.44. The van der Waals surface area contributed by atoms with Crippen molar-refractivity contribution in [3.63, 3.8) is 0 Å². The second kappa shape index (κ2) is 7.11. The first kappa shape index (κ1) is 15.9. The van der Waals surface area contributed by atoms with E-state index >= 15 is 0 Å². The van der Waals surface area contributed by atoms with Crippen LogP contribution in [-0.2, 0) is 5.75 Å². The van der Waals surface area contributed by atoms with Crippen LogP contribution in [0.1, 0.15) is 43.4 Å². The summed E-state index contributed by atoms with van der Waals surface area (Å²) < 4.78 is 3.09. The van der Waals surface area contributed by atoms with Crippen molar-refractivity contribution in [1.82, 2.24) is 19.6 Å². The Kier molecular flexibility index (Phi) is 4.71. The molecule has 1 aliphatic rings. The highest BCUT2D eigenvalue weighted by atomic mass is 32.2. The molecule has 7 heteroatoms. The molecule has 24 heavy (non-hydrogen) atoms. The van der Waals surface area contributed by atoms with Crippen LogP contribution in [0.5, 0.6) is 0 Å². The predicted octanol–water partition coefficient (Wildman–Crippen LogP) is 4.53. The van der Waals surface area contributed by atoms with Gasteiger partial charge in [-0.15, -0.1) is 10.2 Å². The smallest absolute Gasteiger partial charge is 0.206 e. The molecule has 3 aromatic rings. The van der Waals surface area contributed by atoms with Crippen LogP contribution in [0.2, 0.25) is 0 Å². The molecule has 0 atom stereocenters. The number of nitrogens with zero attached hydrogens (tertiary/aromatic N) is 4. The third kappa shape index (κ3) is 3.57. The third-order valence-corrected chi connectivity index (χ3v) is 6.43. The quantitative estimate of drug-likeness (QED) is 0.678. The Bertz CT molecular complexity index is 819. The lowest BCUT2D eigenvalue weighted by atomic mass is 9.96. The zero-order valence-electron chi connectivity index (χ0n) is 13.7. The van der Waals surface area contributed by atoms with Crippen molar-refractivity contribution < 1.29 is 0 Å². The van der Waals surface area contributed by atoms with Crippen molar-refractivity contribution in [1.29, 1.82) is 0 Å². The van der Waals surface area contributed by atoms with Gasteiger partial charge in [-0.25, -0.2) is 4.98 Å². The van der Waals surface area contributed by atoms with Gasteiger partial charge >= 0.3 is 0 Å². The number of nitrogens with one attached hydrogen (secondary N) is 1. The fourth-order valence-electron chi connectivity index (χ4n) is 3.16. The number of rotatable bonds is 5. The Labute approximate surface area is 149 Å². The van der Waals surface area contributed by atoms with E-state index in [1.807, 2.05) is 6.20 Å². The van der Waals surface area contributed by atoms with E-state index in [1.54, 1.807) is 23.1 Å². The molecule has 0 spiro atoms. The second-order valence-corrected chi connectivity index (χ2v) is 8.50. The van der Waals surface area contributed by atoms with Crippen LogP contribution < -0.4 is 5.32 Å². The molecular formula is C17H21N5S2. The highest BCUT2D eigenvalue weighted by Crippen LogP contribution is 2.30. The summed E-state index contributed by atoms with van der Waals surface area (Å²) in [6, 6.07) is 4.72. The Hall–Kier alpha value is -1.60. The predicted molar refractivity (Wildman–Crippen MR) is 99.9 cm³/mol. The van der Waals surface area contributed by atoms with E-state index in [0.717, 1.165) is 26.6 Å². The van der Waals surface area contributed by atoms with Crippen LogP contribution in [0.3, 0.4) is 0 Å². The van der Waals surface area contributed by atoms with Gasteiger partial charge in [-0.05, 0) is 31.4 Å². The van der Waals surface area contributed by atoms with Crippen LogP contribution in [0.25, 0.3) is 5.65 Å². The Morgan fingerprint density at radius 2 is 2.17 bits per heavy atom. The normalized spacial score (nSPS) is 15.9. The lowest BCUT2D eigenvalue weighted by Gasteiger charge is -2.21. The number of fused-ring (bicyclic) bond motifs is 1. The van der Waals surface area contributed by atoms with E-state index in [1.165, 1.54) is 37.7 Å². The average Bonchev–Trinajstić information content (AvgIpc) is 3.21. The monoisotopic (exact) mass is 359 g/mol. The van der Waals surface area contributed by atoms with Crippen LogP contribution in [0.4, 0.5) is 5.13 Å². The SMILES string of the molecule is Cc1cccn2cc(CSc3nnc(NC4CCCCC4)s3)nc12. The fraction of sp³-hybridized carbons (Fsp3) is 0.471. The van der Waals surface area contributed by atoms with Gasteiger partial charge in [-0.3, -0.25) is 0 Å².